The van der Waals surface area contributed by atoms with Crippen LogP contribution in [0.5, 0.6) is 5.75 Å². The highest BCUT2D eigenvalue weighted by atomic mass is 19.4. The fraction of sp³-hybridized carbons (Fsp3) is 0.588. The Morgan fingerprint density at radius 2 is 1.83 bits per heavy atom. The van der Waals surface area contributed by atoms with Crippen LogP contribution in [0.25, 0.3) is 0 Å². The Hall–Kier alpha value is -1.76. The third-order valence-corrected chi connectivity index (χ3v) is 4.59. The van der Waals surface area contributed by atoms with E-state index in [0.29, 0.717) is 11.3 Å². The molecule has 1 rings (SSSR count). The van der Waals surface area contributed by atoms with Gasteiger partial charge in [-0.3, -0.25) is 0 Å². The van der Waals surface area contributed by atoms with Gasteiger partial charge >= 0.3 is 12.1 Å². The maximum atomic E-state index is 13.4. The molecule has 0 heterocycles. The van der Waals surface area contributed by atoms with Crippen LogP contribution in [0, 0.1) is 12.8 Å². The average Bonchev–Trinajstić information content (AvgIpc) is 2.45. The second-order valence-corrected chi connectivity index (χ2v) is 6.46. The molecule has 0 aliphatic carbocycles. The summed E-state index contributed by atoms with van der Waals surface area (Å²) in [5.41, 5.74) is -3.91. The van der Waals surface area contributed by atoms with Crippen molar-refractivity contribution in [3.63, 3.8) is 0 Å². The Morgan fingerprint density at radius 3 is 2.21 bits per heavy atom. The summed E-state index contributed by atoms with van der Waals surface area (Å²) in [6.45, 7) is 6.19. The first-order valence-corrected chi connectivity index (χ1v) is 7.51. The Morgan fingerprint density at radius 1 is 1.29 bits per heavy atom. The first-order chi connectivity index (χ1) is 10.8. The molecular weight excluding hydrogens is 325 g/mol. The van der Waals surface area contributed by atoms with Gasteiger partial charge in [0.15, 0.2) is 0 Å². The zero-order valence-corrected chi connectivity index (χ0v) is 14.4. The number of carbonyl (C=O) groups is 1. The van der Waals surface area contributed by atoms with Gasteiger partial charge in [0.1, 0.15) is 5.75 Å². The Bertz CT molecular complexity index is 610. The molecule has 2 unspecified atom stereocenters. The van der Waals surface area contributed by atoms with Crippen molar-refractivity contribution in [3.05, 3.63) is 29.3 Å². The van der Waals surface area contributed by atoms with Crippen molar-refractivity contribution in [2.24, 2.45) is 5.92 Å². The second-order valence-electron chi connectivity index (χ2n) is 6.46. The predicted molar refractivity (Wildman–Crippen MR) is 83.2 cm³/mol. The van der Waals surface area contributed by atoms with E-state index < -0.39 is 29.1 Å². The Kier molecular flexibility index (Phi) is 5.60. The van der Waals surface area contributed by atoms with Crippen LogP contribution >= 0.6 is 0 Å². The predicted octanol–water partition coefficient (Wildman–Crippen LogP) is 3.69. The highest BCUT2D eigenvalue weighted by Gasteiger charge is 2.67. The molecule has 2 atom stereocenters. The summed E-state index contributed by atoms with van der Waals surface area (Å²) >= 11 is 0. The molecular formula is C17H23F3O4. The van der Waals surface area contributed by atoms with Crippen LogP contribution in [0.2, 0.25) is 0 Å². The lowest BCUT2D eigenvalue weighted by molar-refractivity contribution is -0.282. The Balaban J connectivity index is 3.60. The number of methoxy groups -OCH3 is 1. The van der Waals surface area contributed by atoms with E-state index in [9.17, 15) is 23.1 Å². The lowest BCUT2D eigenvalue weighted by Gasteiger charge is -2.43. The van der Waals surface area contributed by atoms with E-state index in [1.54, 1.807) is 25.1 Å². The van der Waals surface area contributed by atoms with Crippen molar-refractivity contribution < 1.29 is 32.9 Å². The smallest absolute Gasteiger partial charge is 0.428 e. The summed E-state index contributed by atoms with van der Waals surface area (Å²) < 4.78 is 45.5. The minimum atomic E-state index is -5.31. The van der Waals surface area contributed by atoms with Gasteiger partial charge in [-0.2, -0.15) is 13.2 Å². The fourth-order valence-electron chi connectivity index (χ4n) is 3.31. The number of carboxylic acids is 1. The molecule has 0 amide bonds. The van der Waals surface area contributed by atoms with E-state index in [4.69, 9.17) is 9.84 Å². The number of aryl methyl sites for hydroxylation is 1. The van der Waals surface area contributed by atoms with Crippen molar-refractivity contribution in [3.8, 4) is 5.75 Å². The third kappa shape index (κ3) is 3.22. The highest BCUT2D eigenvalue weighted by Crippen LogP contribution is 2.49. The van der Waals surface area contributed by atoms with Crippen molar-refractivity contribution in [1.29, 1.82) is 0 Å². The number of halogens is 3. The van der Waals surface area contributed by atoms with Crippen molar-refractivity contribution >= 4 is 5.97 Å². The number of carboxylic acid groups (broad SMARTS) is 1. The molecule has 0 saturated heterocycles. The van der Waals surface area contributed by atoms with E-state index in [0.717, 1.165) is 5.56 Å². The first-order valence-electron chi connectivity index (χ1n) is 7.51. The summed E-state index contributed by atoms with van der Waals surface area (Å²) in [4.78, 5) is 11.4. The highest BCUT2D eigenvalue weighted by molar-refractivity contribution is 5.79. The summed E-state index contributed by atoms with van der Waals surface area (Å²) in [7, 11) is 1.39. The molecule has 0 fully saturated rings. The van der Waals surface area contributed by atoms with Crippen molar-refractivity contribution in [1.82, 2.24) is 0 Å². The van der Waals surface area contributed by atoms with E-state index in [2.05, 4.69) is 0 Å². The van der Waals surface area contributed by atoms with Crippen LogP contribution in [0.3, 0.4) is 0 Å². The molecule has 1 aromatic carbocycles. The molecule has 0 aliphatic rings. The average molecular weight is 348 g/mol. The van der Waals surface area contributed by atoms with E-state index in [1.165, 1.54) is 27.9 Å². The SMILES string of the molecule is CCC(C(C)(C)c1ccc(C)cc1OC)C(O)(C(=O)O)C(F)(F)F. The number of aliphatic hydroxyl groups is 1. The fourth-order valence-corrected chi connectivity index (χ4v) is 3.31. The van der Waals surface area contributed by atoms with E-state index in [-0.39, 0.29) is 6.42 Å². The molecule has 1 aromatic rings. The van der Waals surface area contributed by atoms with Crippen LogP contribution in [-0.4, -0.2) is 35.1 Å². The summed E-state index contributed by atoms with van der Waals surface area (Å²) in [5, 5.41) is 19.3. The maximum absolute atomic E-state index is 13.4. The molecule has 0 aliphatic heterocycles. The monoisotopic (exact) mass is 348 g/mol. The second kappa shape index (κ2) is 6.63. The van der Waals surface area contributed by atoms with Gasteiger partial charge in [-0.25, -0.2) is 4.79 Å². The van der Waals surface area contributed by atoms with Crippen molar-refractivity contribution in [2.75, 3.05) is 7.11 Å². The van der Waals surface area contributed by atoms with Gasteiger partial charge in [-0.1, -0.05) is 32.9 Å². The van der Waals surface area contributed by atoms with Crippen LogP contribution in [-0.2, 0) is 10.2 Å². The number of alkyl halides is 3. The molecule has 24 heavy (non-hydrogen) atoms. The molecule has 0 bridgehead atoms. The largest absolute Gasteiger partial charge is 0.496 e. The number of benzene rings is 1. The van der Waals surface area contributed by atoms with Crippen LogP contribution in [0.4, 0.5) is 13.2 Å². The molecule has 2 N–H and O–H groups in total. The van der Waals surface area contributed by atoms with Crippen LogP contribution in [0.1, 0.15) is 38.3 Å². The van der Waals surface area contributed by atoms with Gasteiger partial charge in [0.25, 0.3) is 5.60 Å². The van der Waals surface area contributed by atoms with Gasteiger partial charge in [-0.05, 0) is 30.4 Å². The molecule has 0 spiro atoms. The van der Waals surface area contributed by atoms with Crippen molar-refractivity contribution in [2.45, 2.75) is 51.3 Å². The van der Waals surface area contributed by atoms with Gasteiger partial charge in [0.2, 0.25) is 0 Å². The zero-order chi connectivity index (χ0) is 18.9. The third-order valence-electron chi connectivity index (χ3n) is 4.59. The number of hydrogen-bond donors (Lipinski definition) is 2. The molecule has 0 radical (unpaired) electrons. The first kappa shape index (κ1) is 20.3. The summed E-state index contributed by atoms with van der Waals surface area (Å²) in [6.07, 6.45) is -5.50. The number of hydrogen-bond acceptors (Lipinski definition) is 3. The van der Waals surface area contributed by atoms with Crippen LogP contribution < -0.4 is 4.74 Å². The lowest BCUT2D eigenvalue weighted by atomic mass is 9.64. The van der Waals surface area contributed by atoms with Gasteiger partial charge in [0, 0.05) is 11.5 Å². The quantitative estimate of drug-likeness (QED) is 0.823. The summed E-state index contributed by atoms with van der Waals surface area (Å²) in [6, 6.07) is 4.98. The standard InChI is InChI=1S/C17H23F3O4/c1-6-13(16(23,14(21)22)17(18,19)20)15(3,4)11-8-7-10(2)9-12(11)24-5/h7-9,13,23H,6H2,1-5H3,(H,21,22). The lowest BCUT2D eigenvalue weighted by Crippen LogP contribution is -2.61. The Labute approximate surface area is 139 Å². The van der Waals surface area contributed by atoms with E-state index >= 15 is 0 Å². The molecule has 136 valence electrons. The summed E-state index contributed by atoms with van der Waals surface area (Å²) in [5.74, 6) is -3.56. The number of ether oxygens (including phenoxy) is 1. The minimum Gasteiger partial charge on any atom is -0.496 e. The molecule has 0 aromatic heterocycles. The molecule has 7 heteroatoms. The van der Waals surface area contributed by atoms with E-state index in [1.807, 2.05) is 0 Å². The normalized spacial score (nSPS) is 16.4. The zero-order valence-electron chi connectivity index (χ0n) is 14.4. The van der Waals surface area contributed by atoms with Gasteiger partial charge in [-0.15, -0.1) is 0 Å². The topological polar surface area (TPSA) is 66.8 Å². The number of aliphatic carboxylic acids is 1. The number of rotatable bonds is 6. The molecule has 4 nitrogen and oxygen atoms in total. The molecule has 0 saturated carbocycles. The van der Waals surface area contributed by atoms with Crippen LogP contribution in [0.15, 0.2) is 18.2 Å². The van der Waals surface area contributed by atoms with Gasteiger partial charge in [0.05, 0.1) is 7.11 Å². The van der Waals surface area contributed by atoms with Gasteiger partial charge < -0.3 is 14.9 Å². The maximum Gasteiger partial charge on any atom is 0.428 e. The minimum absolute atomic E-state index is 0.188.